The van der Waals surface area contributed by atoms with Gasteiger partial charge in [-0.25, -0.2) is 17.8 Å². The van der Waals surface area contributed by atoms with Gasteiger partial charge >= 0.3 is 0 Å². The summed E-state index contributed by atoms with van der Waals surface area (Å²) in [4.78, 5) is 16.4. The number of amides is 1. The van der Waals surface area contributed by atoms with Crippen LogP contribution >= 0.6 is 0 Å². The lowest BCUT2D eigenvalue weighted by Crippen LogP contribution is -2.32. The molecule has 0 fully saturated rings. The van der Waals surface area contributed by atoms with Gasteiger partial charge in [0.25, 0.3) is 0 Å². The molecule has 0 saturated heterocycles. The van der Waals surface area contributed by atoms with Gasteiger partial charge in [0.1, 0.15) is 17.3 Å². The molecule has 2 aromatic carbocycles. The van der Waals surface area contributed by atoms with Gasteiger partial charge < -0.3 is 14.5 Å². The van der Waals surface area contributed by atoms with E-state index in [2.05, 4.69) is 10.3 Å². The summed E-state index contributed by atoms with van der Waals surface area (Å²) in [6, 6.07) is 13.3. The Hall–Kier alpha value is -3.04. The number of carbonyl (C=O) groups is 1. The summed E-state index contributed by atoms with van der Waals surface area (Å²) in [7, 11) is -2.13. The Morgan fingerprint density at radius 1 is 1.09 bits per heavy atom. The maximum Gasteiger partial charge on any atom is 0.235 e. The molecule has 1 amide bonds. The van der Waals surface area contributed by atoms with E-state index in [4.69, 9.17) is 9.15 Å². The molecule has 3 rings (SSSR count). The Kier molecular flexibility index (Phi) is 7.76. The second kappa shape index (κ2) is 10.5. The van der Waals surface area contributed by atoms with Crippen LogP contribution in [0.25, 0.3) is 11.5 Å². The van der Waals surface area contributed by atoms with Gasteiger partial charge in [-0.15, -0.1) is 0 Å². The molecule has 0 bridgehead atoms. The lowest BCUT2D eigenvalue weighted by Gasteiger charge is -2.06. The Labute approximate surface area is 186 Å². The number of sulfone groups is 1. The monoisotopic (exact) mass is 460 g/mol. The molecule has 0 radical (unpaired) electrons. The smallest absolute Gasteiger partial charge is 0.235 e. The fourth-order valence-corrected chi connectivity index (χ4v) is 4.39. The van der Waals surface area contributed by atoms with Crippen molar-refractivity contribution in [2.24, 2.45) is 0 Å². The quantitative estimate of drug-likeness (QED) is 0.499. The van der Waals surface area contributed by atoms with E-state index in [0.29, 0.717) is 24.7 Å². The van der Waals surface area contributed by atoms with Gasteiger partial charge in [-0.05, 0) is 48.7 Å². The van der Waals surface area contributed by atoms with Gasteiger partial charge in [0.05, 0.1) is 18.1 Å². The highest BCUT2D eigenvalue weighted by Crippen LogP contribution is 2.23. The Morgan fingerprint density at radius 3 is 2.41 bits per heavy atom. The van der Waals surface area contributed by atoms with E-state index >= 15 is 0 Å². The third kappa shape index (κ3) is 6.73. The number of hydrogen-bond acceptors (Lipinski definition) is 6. The minimum absolute atomic E-state index is 0.256. The molecule has 0 aliphatic rings. The number of oxazole rings is 1. The topological polar surface area (TPSA) is 98.5 Å². The van der Waals surface area contributed by atoms with Crippen molar-refractivity contribution in [1.82, 2.24) is 10.3 Å². The first kappa shape index (κ1) is 23.6. The summed E-state index contributed by atoms with van der Waals surface area (Å²) < 4.78 is 48.6. The van der Waals surface area contributed by atoms with E-state index in [1.165, 1.54) is 12.1 Å². The van der Waals surface area contributed by atoms with E-state index < -0.39 is 27.3 Å². The van der Waals surface area contributed by atoms with Crippen molar-refractivity contribution in [3.05, 3.63) is 76.9 Å². The zero-order valence-electron chi connectivity index (χ0n) is 17.9. The Morgan fingerprint density at radius 2 is 1.75 bits per heavy atom. The maximum absolute atomic E-state index is 12.9. The molecule has 0 atom stereocenters. The molecule has 0 unspecified atom stereocenters. The van der Waals surface area contributed by atoms with Crippen LogP contribution in [0.2, 0.25) is 0 Å². The fourth-order valence-electron chi connectivity index (χ4n) is 3.10. The zero-order valence-corrected chi connectivity index (χ0v) is 18.7. The number of halogens is 1. The summed E-state index contributed by atoms with van der Waals surface area (Å²) in [5.74, 6) is -1.26. The first-order chi connectivity index (χ1) is 15.3. The van der Waals surface area contributed by atoms with E-state index in [-0.39, 0.29) is 18.1 Å². The molecule has 32 heavy (non-hydrogen) atoms. The van der Waals surface area contributed by atoms with Crippen LogP contribution in [0.5, 0.6) is 0 Å². The maximum atomic E-state index is 12.9. The molecule has 1 heterocycles. The van der Waals surface area contributed by atoms with Gasteiger partial charge in [-0.1, -0.05) is 24.3 Å². The first-order valence-electron chi connectivity index (χ1n) is 10.0. The largest absolute Gasteiger partial charge is 0.441 e. The number of ether oxygens (including phenoxy) is 1. The lowest BCUT2D eigenvalue weighted by atomic mass is 10.1. The summed E-state index contributed by atoms with van der Waals surface area (Å²) in [6.45, 7) is 2.38. The summed E-state index contributed by atoms with van der Waals surface area (Å²) >= 11 is 0. The van der Waals surface area contributed by atoms with Crippen LogP contribution in [-0.4, -0.2) is 38.7 Å². The third-order valence-electron chi connectivity index (χ3n) is 4.76. The van der Waals surface area contributed by atoms with Crippen molar-refractivity contribution < 1.29 is 26.8 Å². The molecular weight excluding hydrogens is 435 g/mol. The number of benzene rings is 2. The SMILES string of the molecule is COCc1ccc(-c2nc(CS(=O)(=O)CC(=O)NCCc3ccc(F)cc3)c(C)o2)cc1. The highest BCUT2D eigenvalue weighted by atomic mass is 32.2. The number of carbonyl (C=O) groups excluding carboxylic acids is 1. The minimum atomic E-state index is -3.74. The molecule has 170 valence electrons. The molecule has 9 heteroatoms. The van der Waals surface area contributed by atoms with Crippen molar-refractivity contribution in [2.75, 3.05) is 19.4 Å². The molecule has 1 N–H and O–H groups in total. The lowest BCUT2D eigenvalue weighted by molar-refractivity contribution is -0.118. The highest BCUT2D eigenvalue weighted by Gasteiger charge is 2.22. The average molecular weight is 461 g/mol. The van der Waals surface area contributed by atoms with Gasteiger partial charge in [-0.3, -0.25) is 4.79 Å². The number of rotatable bonds is 10. The van der Waals surface area contributed by atoms with Crippen LogP contribution in [0, 0.1) is 12.7 Å². The minimum Gasteiger partial charge on any atom is -0.441 e. The van der Waals surface area contributed by atoms with Crippen molar-refractivity contribution in [2.45, 2.75) is 25.7 Å². The van der Waals surface area contributed by atoms with Crippen molar-refractivity contribution in [3.63, 3.8) is 0 Å². The number of nitrogens with zero attached hydrogens (tertiary/aromatic N) is 1. The van der Waals surface area contributed by atoms with E-state index in [0.717, 1.165) is 16.7 Å². The van der Waals surface area contributed by atoms with Crippen LogP contribution in [0.1, 0.15) is 22.6 Å². The second-order valence-electron chi connectivity index (χ2n) is 7.41. The second-order valence-corrected chi connectivity index (χ2v) is 9.47. The highest BCUT2D eigenvalue weighted by molar-refractivity contribution is 7.91. The van der Waals surface area contributed by atoms with E-state index in [1.54, 1.807) is 26.2 Å². The van der Waals surface area contributed by atoms with Crippen LogP contribution in [0.3, 0.4) is 0 Å². The average Bonchev–Trinajstić information content (AvgIpc) is 3.09. The van der Waals surface area contributed by atoms with Crippen molar-refractivity contribution in [1.29, 1.82) is 0 Å². The number of aryl methyl sites for hydroxylation is 1. The van der Waals surface area contributed by atoms with E-state index in [9.17, 15) is 17.6 Å². The Balaban J connectivity index is 1.56. The number of methoxy groups -OCH3 is 1. The van der Waals surface area contributed by atoms with E-state index in [1.807, 2.05) is 24.3 Å². The van der Waals surface area contributed by atoms with Crippen LogP contribution in [0.15, 0.2) is 52.9 Å². The number of aromatic nitrogens is 1. The van der Waals surface area contributed by atoms with Crippen molar-refractivity contribution >= 4 is 15.7 Å². The van der Waals surface area contributed by atoms with Gasteiger partial charge in [0.2, 0.25) is 11.8 Å². The Bertz CT molecular complexity index is 1160. The van der Waals surface area contributed by atoms with Crippen LogP contribution in [0.4, 0.5) is 4.39 Å². The fraction of sp³-hybridized carbons (Fsp3) is 0.304. The number of nitrogens with one attached hydrogen (secondary N) is 1. The molecule has 3 aromatic rings. The van der Waals surface area contributed by atoms with Gasteiger partial charge in [0, 0.05) is 19.2 Å². The molecule has 0 aliphatic carbocycles. The summed E-state index contributed by atoms with van der Waals surface area (Å²) in [6.07, 6.45) is 0.473. The predicted molar refractivity (Wildman–Crippen MR) is 118 cm³/mol. The molecule has 7 nitrogen and oxygen atoms in total. The predicted octanol–water partition coefficient (Wildman–Crippen LogP) is 3.21. The normalized spacial score (nSPS) is 11.5. The van der Waals surface area contributed by atoms with Crippen LogP contribution in [-0.2, 0) is 38.1 Å². The number of hydrogen-bond donors (Lipinski definition) is 1. The summed E-state index contributed by atoms with van der Waals surface area (Å²) in [5, 5.41) is 2.58. The summed E-state index contributed by atoms with van der Waals surface area (Å²) in [5.41, 5.74) is 2.83. The first-order valence-corrected chi connectivity index (χ1v) is 11.8. The van der Waals surface area contributed by atoms with Crippen LogP contribution < -0.4 is 5.32 Å². The van der Waals surface area contributed by atoms with Crippen molar-refractivity contribution in [3.8, 4) is 11.5 Å². The molecule has 1 aromatic heterocycles. The zero-order chi connectivity index (χ0) is 23.1. The molecule has 0 saturated carbocycles. The molecular formula is C23H25FN2O5S. The van der Waals surface area contributed by atoms with Gasteiger partial charge in [-0.2, -0.15) is 0 Å². The standard InChI is InChI=1S/C23H25FN2O5S/c1-16-21(26-23(31-16)19-7-3-18(4-8-19)13-30-2)14-32(28,29)15-22(27)25-12-11-17-5-9-20(24)10-6-17/h3-10H,11-15H2,1-2H3,(H,25,27). The van der Waals surface area contributed by atoms with Gasteiger partial charge in [0.15, 0.2) is 9.84 Å². The molecule has 0 aliphatic heterocycles. The third-order valence-corrected chi connectivity index (χ3v) is 6.18. The molecule has 0 spiro atoms.